The highest BCUT2D eigenvalue weighted by atomic mass is 16.3. The Hall–Kier alpha value is -0.300. The summed E-state index contributed by atoms with van der Waals surface area (Å²) >= 11 is 0. The molecule has 168 valence electrons. The SMILES string of the molecule is CC(C)CCCC(C)[C@H]1CC[C@H]2[C@@H]3C/C=C/C[C@@H](O)CCC(C)(C)[C@H]3CC[C@]12C. The van der Waals surface area contributed by atoms with Crippen molar-refractivity contribution in [3.05, 3.63) is 12.2 Å². The highest BCUT2D eigenvalue weighted by Crippen LogP contribution is 2.64. The summed E-state index contributed by atoms with van der Waals surface area (Å²) in [6.07, 6.45) is 18.9. The molecular weight excluding hydrogens is 352 g/mol. The average Bonchev–Trinajstić information content (AvgIpc) is 3.00. The summed E-state index contributed by atoms with van der Waals surface area (Å²) in [7, 11) is 0. The van der Waals surface area contributed by atoms with Crippen molar-refractivity contribution in [1.29, 1.82) is 0 Å². The van der Waals surface area contributed by atoms with Gasteiger partial charge in [0.25, 0.3) is 0 Å². The standard InChI is InChI=1S/C28H50O/c1-20(2)10-9-11-21(3)24-14-15-26-23-13-8-7-12-22(29)16-18-27(4,5)25(23)17-19-28(24,26)6/h7-8,20-26,29H,9-19H2,1-6H3/b8-7+/t21?,22-,23-,24-,25+,26+,28-/m1/s1. The molecule has 0 heterocycles. The molecule has 0 amide bonds. The molecule has 0 bridgehead atoms. The lowest BCUT2D eigenvalue weighted by Crippen LogP contribution is -2.46. The Labute approximate surface area is 182 Å². The molecule has 1 heteroatoms. The van der Waals surface area contributed by atoms with Gasteiger partial charge >= 0.3 is 0 Å². The van der Waals surface area contributed by atoms with Crippen LogP contribution in [-0.2, 0) is 0 Å². The van der Waals surface area contributed by atoms with E-state index >= 15 is 0 Å². The minimum atomic E-state index is -0.140. The molecule has 29 heavy (non-hydrogen) atoms. The third-order valence-corrected chi connectivity index (χ3v) is 9.75. The van der Waals surface area contributed by atoms with E-state index in [9.17, 15) is 5.11 Å². The van der Waals surface area contributed by atoms with Gasteiger partial charge in [0.05, 0.1) is 6.10 Å². The van der Waals surface area contributed by atoms with Gasteiger partial charge in [-0.3, -0.25) is 0 Å². The minimum absolute atomic E-state index is 0.140. The van der Waals surface area contributed by atoms with Crippen LogP contribution in [0.2, 0.25) is 0 Å². The smallest absolute Gasteiger partial charge is 0.0574 e. The first-order valence-corrected chi connectivity index (χ1v) is 13.0. The van der Waals surface area contributed by atoms with E-state index in [-0.39, 0.29) is 6.10 Å². The molecule has 7 atom stereocenters. The van der Waals surface area contributed by atoms with Crippen LogP contribution < -0.4 is 0 Å². The van der Waals surface area contributed by atoms with E-state index in [4.69, 9.17) is 0 Å². The second kappa shape index (κ2) is 9.46. The van der Waals surface area contributed by atoms with Crippen molar-refractivity contribution < 1.29 is 5.11 Å². The first kappa shape index (κ1) is 23.4. The molecular formula is C28H50O. The van der Waals surface area contributed by atoms with E-state index in [2.05, 4.69) is 53.7 Å². The number of hydrogen-bond donors (Lipinski definition) is 1. The maximum absolute atomic E-state index is 10.3. The monoisotopic (exact) mass is 402 g/mol. The molecule has 0 aromatic heterocycles. The van der Waals surface area contributed by atoms with Gasteiger partial charge in [-0.25, -0.2) is 0 Å². The van der Waals surface area contributed by atoms with E-state index in [0.717, 1.165) is 48.3 Å². The maximum Gasteiger partial charge on any atom is 0.0574 e. The summed E-state index contributed by atoms with van der Waals surface area (Å²) in [4.78, 5) is 0. The summed E-state index contributed by atoms with van der Waals surface area (Å²) in [6.45, 7) is 15.0. The molecule has 0 spiro atoms. The summed E-state index contributed by atoms with van der Waals surface area (Å²) in [5.41, 5.74) is 0.922. The van der Waals surface area contributed by atoms with Crippen molar-refractivity contribution in [1.82, 2.24) is 0 Å². The van der Waals surface area contributed by atoms with Crippen LogP contribution in [0.3, 0.4) is 0 Å². The highest BCUT2D eigenvalue weighted by Gasteiger charge is 2.56. The largest absolute Gasteiger partial charge is 0.393 e. The van der Waals surface area contributed by atoms with Crippen molar-refractivity contribution in [2.45, 2.75) is 118 Å². The third-order valence-electron chi connectivity index (χ3n) is 9.75. The molecule has 1 unspecified atom stereocenters. The molecule has 0 saturated heterocycles. The topological polar surface area (TPSA) is 20.2 Å². The summed E-state index contributed by atoms with van der Waals surface area (Å²) in [5.74, 6) is 5.25. The van der Waals surface area contributed by atoms with E-state index in [1.165, 1.54) is 57.8 Å². The van der Waals surface area contributed by atoms with E-state index in [1.807, 2.05) is 0 Å². The molecule has 3 aliphatic carbocycles. The quantitative estimate of drug-likeness (QED) is 0.461. The zero-order chi connectivity index (χ0) is 21.2. The van der Waals surface area contributed by atoms with Crippen LogP contribution in [0.5, 0.6) is 0 Å². The van der Waals surface area contributed by atoms with Crippen molar-refractivity contribution in [2.75, 3.05) is 0 Å². The fraction of sp³-hybridized carbons (Fsp3) is 0.929. The minimum Gasteiger partial charge on any atom is -0.393 e. The van der Waals surface area contributed by atoms with Gasteiger partial charge in [0, 0.05) is 0 Å². The Morgan fingerprint density at radius 2 is 1.59 bits per heavy atom. The fourth-order valence-electron chi connectivity index (χ4n) is 7.96. The van der Waals surface area contributed by atoms with Crippen LogP contribution in [-0.4, -0.2) is 11.2 Å². The Morgan fingerprint density at radius 3 is 2.31 bits per heavy atom. The summed E-state index contributed by atoms with van der Waals surface area (Å²) < 4.78 is 0. The van der Waals surface area contributed by atoms with Crippen LogP contribution >= 0.6 is 0 Å². The summed E-state index contributed by atoms with van der Waals surface area (Å²) in [6, 6.07) is 0. The van der Waals surface area contributed by atoms with Crippen molar-refractivity contribution in [3.63, 3.8) is 0 Å². The molecule has 2 saturated carbocycles. The van der Waals surface area contributed by atoms with Gasteiger partial charge < -0.3 is 5.11 Å². The number of aliphatic hydroxyl groups is 1. The molecule has 3 rings (SSSR count). The number of aliphatic hydroxyl groups excluding tert-OH is 1. The average molecular weight is 403 g/mol. The zero-order valence-corrected chi connectivity index (χ0v) is 20.4. The Balaban J connectivity index is 1.76. The van der Waals surface area contributed by atoms with Crippen LogP contribution in [0.15, 0.2) is 12.2 Å². The lowest BCUT2D eigenvalue weighted by molar-refractivity contribution is -0.0482. The molecule has 0 radical (unpaired) electrons. The van der Waals surface area contributed by atoms with E-state index in [1.54, 1.807) is 0 Å². The normalized spacial score (nSPS) is 42.1. The number of hydrogen-bond acceptors (Lipinski definition) is 1. The first-order chi connectivity index (χ1) is 13.6. The molecule has 0 aromatic carbocycles. The maximum atomic E-state index is 10.3. The predicted octanol–water partition coefficient (Wildman–Crippen LogP) is 8.02. The lowest BCUT2D eigenvalue weighted by atomic mass is 9.51. The van der Waals surface area contributed by atoms with Gasteiger partial charge in [-0.15, -0.1) is 0 Å². The van der Waals surface area contributed by atoms with Crippen LogP contribution in [0.25, 0.3) is 0 Å². The first-order valence-electron chi connectivity index (χ1n) is 13.0. The second-order valence-electron chi connectivity index (χ2n) is 12.5. The van der Waals surface area contributed by atoms with Gasteiger partial charge in [0.2, 0.25) is 0 Å². The Morgan fingerprint density at radius 1 is 0.862 bits per heavy atom. The summed E-state index contributed by atoms with van der Waals surface area (Å²) in [5, 5.41) is 10.3. The molecule has 0 aliphatic heterocycles. The highest BCUT2D eigenvalue weighted by molar-refractivity contribution is 5.07. The van der Waals surface area contributed by atoms with Crippen molar-refractivity contribution in [3.8, 4) is 0 Å². The fourth-order valence-corrected chi connectivity index (χ4v) is 7.96. The predicted molar refractivity (Wildman–Crippen MR) is 126 cm³/mol. The van der Waals surface area contributed by atoms with Crippen molar-refractivity contribution in [2.24, 2.45) is 46.3 Å². The van der Waals surface area contributed by atoms with Gasteiger partial charge in [-0.05, 0) is 97.7 Å². The van der Waals surface area contributed by atoms with Gasteiger partial charge in [0.1, 0.15) is 0 Å². The van der Waals surface area contributed by atoms with E-state index < -0.39 is 0 Å². The van der Waals surface area contributed by atoms with E-state index in [0.29, 0.717) is 10.8 Å². The van der Waals surface area contributed by atoms with Gasteiger partial charge in [0.15, 0.2) is 0 Å². The number of rotatable bonds is 5. The molecule has 2 fully saturated rings. The lowest BCUT2D eigenvalue weighted by Gasteiger charge is -2.54. The Bertz CT molecular complexity index is 547. The molecule has 1 N–H and O–H groups in total. The van der Waals surface area contributed by atoms with Crippen LogP contribution in [0.4, 0.5) is 0 Å². The third kappa shape index (κ3) is 5.13. The molecule has 0 aromatic rings. The second-order valence-corrected chi connectivity index (χ2v) is 12.5. The molecule has 1 nitrogen and oxygen atoms in total. The molecule has 3 aliphatic rings. The van der Waals surface area contributed by atoms with Gasteiger partial charge in [-0.2, -0.15) is 0 Å². The Kier molecular flexibility index (Phi) is 7.62. The number of fused-ring (bicyclic) bond motifs is 3. The van der Waals surface area contributed by atoms with Crippen LogP contribution in [0.1, 0.15) is 112 Å². The van der Waals surface area contributed by atoms with Crippen LogP contribution in [0, 0.1) is 46.3 Å². The number of allylic oxidation sites excluding steroid dienone is 1. The zero-order valence-electron chi connectivity index (χ0n) is 20.4. The van der Waals surface area contributed by atoms with Crippen molar-refractivity contribution >= 4 is 0 Å². The van der Waals surface area contributed by atoms with Gasteiger partial charge in [-0.1, -0.05) is 73.0 Å².